The number of amides is 1. The zero-order chi connectivity index (χ0) is 23.7. The topological polar surface area (TPSA) is 32.8 Å². The van der Waals surface area contributed by atoms with Gasteiger partial charge in [0.2, 0.25) is 5.91 Å². The third-order valence-corrected chi connectivity index (χ3v) is 7.40. The number of rotatable bonds is 7. The number of anilines is 1. The zero-order valence-electron chi connectivity index (χ0n) is 20.0. The minimum Gasteiger partial charge on any atom is -0.497 e. The molecule has 4 heteroatoms. The second-order valence-electron chi connectivity index (χ2n) is 9.29. The summed E-state index contributed by atoms with van der Waals surface area (Å²) in [6.45, 7) is 7.76. The number of hydrogen-bond donors (Lipinski definition) is 0. The number of hydrogen-bond acceptors (Lipinski definition) is 3. The normalized spacial score (nSPS) is 23.9. The summed E-state index contributed by atoms with van der Waals surface area (Å²) in [6.07, 6.45) is 3.63. The molecule has 0 aromatic heterocycles. The maximum atomic E-state index is 14.4. The largest absolute Gasteiger partial charge is 0.497 e. The van der Waals surface area contributed by atoms with Crippen LogP contribution in [0, 0.1) is 0 Å². The Hall–Kier alpha value is -3.37. The van der Waals surface area contributed by atoms with Gasteiger partial charge in [-0.3, -0.25) is 9.69 Å². The molecule has 1 amide bonds. The lowest BCUT2D eigenvalue weighted by Gasteiger charge is -2.36. The van der Waals surface area contributed by atoms with E-state index in [-0.39, 0.29) is 18.0 Å². The second-order valence-corrected chi connectivity index (χ2v) is 9.29. The Morgan fingerprint density at radius 1 is 1.06 bits per heavy atom. The SMILES string of the molecule is C=C[C@@H]1C[C@@]2(C(=O)N(CCC)c3cc(OC)ccc32)[C@H](c2ccccc2)N1Cc1ccccc1. The van der Waals surface area contributed by atoms with E-state index in [9.17, 15) is 4.79 Å². The van der Waals surface area contributed by atoms with Crippen molar-refractivity contribution >= 4 is 11.6 Å². The number of methoxy groups -OCH3 is 1. The van der Waals surface area contributed by atoms with Gasteiger partial charge in [-0.15, -0.1) is 6.58 Å². The molecule has 0 bridgehead atoms. The van der Waals surface area contributed by atoms with E-state index in [1.165, 1.54) is 5.56 Å². The van der Waals surface area contributed by atoms with Crippen LogP contribution in [0.3, 0.4) is 0 Å². The van der Waals surface area contributed by atoms with Crippen molar-refractivity contribution in [2.24, 2.45) is 0 Å². The quantitative estimate of drug-likeness (QED) is 0.419. The molecule has 2 heterocycles. The molecule has 3 aromatic carbocycles. The van der Waals surface area contributed by atoms with Gasteiger partial charge < -0.3 is 9.64 Å². The van der Waals surface area contributed by atoms with Gasteiger partial charge in [0, 0.05) is 25.2 Å². The molecule has 0 aliphatic carbocycles. The number of benzene rings is 3. The molecular weight excluding hydrogens is 420 g/mol. The van der Waals surface area contributed by atoms with E-state index in [1.54, 1.807) is 7.11 Å². The minimum atomic E-state index is -0.675. The first-order valence-electron chi connectivity index (χ1n) is 12.1. The Morgan fingerprint density at radius 2 is 1.76 bits per heavy atom. The molecule has 0 unspecified atom stereocenters. The van der Waals surface area contributed by atoms with Gasteiger partial charge in [0.05, 0.1) is 24.3 Å². The molecule has 0 radical (unpaired) electrons. The molecule has 174 valence electrons. The van der Waals surface area contributed by atoms with Crippen LogP contribution in [-0.2, 0) is 16.8 Å². The molecule has 3 atom stereocenters. The lowest BCUT2D eigenvalue weighted by atomic mass is 9.72. The van der Waals surface area contributed by atoms with E-state index in [0.717, 1.165) is 35.5 Å². The summed E-state index contributed by atoms with van der Waals surface area (Å²) >= 11 is 0. The Kier molecular flexibility index (Phi) is 6.01. The maximum Gasteiger partial charge on any atom is 0.239 e. The zero-order valence-corrected chi connectivity index (χ0v) is 20.0. The van der Waals surface area contributed by atoms with Crippen LogP contribution in [0.4, 0.5) is 5.69 Å². The Morgan fingerprint density at radius 3 is 2.41 bits per heavy atom. The summed E-state index contributed by atoms with van der Waals surface area (Å²) < 4.78 is 5.54. The number of carbonyl (C=O) groups is 1. The number of ether oxygens (including phenoxy) is 1. The minimum absolute atomic E-state index is 0.0749. The molecule has 0 N–H and O–H groups in total. The molecule has 1 saturated heterocycles. The summed E-state index contributed by atoms with van der Waals surface area (Å²) in [5.41, 5.74) is 3.81. The maximum absolute atomic E-state index is 14.4. The molecular formula is C30H32N2O2. The second kappa shape index (κ2) is 9.11. The van der Waals surface area contributed by atoms with Gasteiger partial charge >= 0.3 is 0 Å². The van der Waals surface area contributed by atoms with Gasteiger partial charge in [-0.05, 0) is 35.6 Å². The molecule has 1 fully saturated rings. The number of likely N-dealkylation sites (tertiary alicyclic amines) is 1. The summed E-state index contributed by atoms with van der Waals surface area (Å²) in [7, 11) is 1.68. The van der Waals surface area contributed by atoms with Crippen LogP contribution in [0.5, 0.6) is 5.75 Å². The van der Waals surface area contributed by atoms with E-state index < -0.39 is 5.41 Å². The van der Waals surface area contributed by atoms with Crippen LogP contribution in [0.15, 0.2) is 91.5 Å². The third-order valence-electron chi connectivity index (χ3n) is 7.40. The Bertz CT molecular complexity index is 1180. The summed E-state index contributed by atoms with van der Waals surface area (Å²) in [4.78, 5) is 18.9. The van der Waals surface area contributed by atoms with Gasteiger partial charge in [-0.2, -0.15) is 0 Å². The van der Waals surface area contributed by atoms with Gasteiger partial charge in [0.25, 0.3) is 0 Å². The van der Waals surface area contributed by atoms with Crippen molar-refractivity contribution in [3.8, 4) is 5.75 Å². The van der Waals surface area contributed by atoms with Crippen molar-refractivity contribution in [1.82, 2.24) is 4.90 Å². The highest BCUT2D eigenvalue weighted by atomic mass is 16.5. The first kappa shape index (κ1) is 22.4. The van der Waals surface area contributed by atoms with E-state index in [1.807, 2.05) is 35.2 Å². The van der Waals surface area contributed by atoms with E-state index in [0.29, 0.717) is 13.0 Å². The lowest BCUT2D eigenvalue weighted by molar-refractivity contribution is -0.124. The molecule has 1 spiro atoms. The summed E-state index contributed by atoms with van der Waals surface area (Å²) in [6, 6.07) is 27.1. The van der Waals surface area contributed by atoms with E-state index in [2.05, 4.69) is 73.0 Å². The number of fused-ring (bicyclic) bond motifs is 2. The fraction of sp³-hybridized carbons (Fsp3) is 0.300. The highest BCUT2D eigenvalue weighted by Crippen LogP contribution is 2.59. The first-order chi connectivity index (χ1) is 16.6. The standard InChI is InChI=1S/C30H32N2O2/c1-4-18-31-27-19-25(34-3)16-17-26(27)30(29(31)33)20-24(5-2)32(21-22-12-8-6-9-13-22)28(30)23-14-10-7-11-15-23/h5-17,19,24,28H,2,4,18,20-21H2,1,3H3/t24-,28+,30+/m1/s1. The third kappa shape index (κ3) is 3.45. The van der Waals surface area contributed by atoms with Crippen LogP contribution < -0.4 is 9.64 Å². The Balaban J connectivity index is 1.72. The Labute approximate surface area is 202 Å². The number of nitrogens with zero attached hydrogens (tertiary/aromatic N) is 2. The lowest BCUT2D eigenvalue weighted by Crippen LogP contribution is -2.44. The van der Waals surface area contributed by atoms with Gasteiger partial charge in [0.15, 0.2) is 0 Å². The van der Waals surface area contributed by atoms with Crippen molar-refractivity contribution in [1.29, 1.82) is 0 Å². The van der Waals surface area contributed by atoms with Crippen LogP contribution >= 0.6 is 0 Å². The van der Waals surface area contributed by atoms with Crippen molar-refractivity contribution in [3.63, 3.8) is 0 Å². The molecule has 5 rings (SSSR count). The number of carbonyl (C=O) groups excluding carboxylic acids is 1. The highest BCUT2D eigenvalue weighted by Gasteiger charge is 2.62. The van der Waals surface area contributed by atoms with Crippen molar-refractivity contribution in [3.05, 3.63) is 108 Å². The smallest absolute Gasteiger partial charge is 0.239 e. The van der Waals surface area contributed by atoms with Crippen molar-refractivity contribution < 1.29 is 9.53 Å². The average molecular weight is 453 g/mol. The molecule has 34 heavy (non-hydrogen) atoms. The molecule has 2 aliphatic rings. The average Bonchev–Trinajstić information content (AvgIpc) is 3.33. The molecule has 0 saturated carbocycles. The van der Waals surface area contributed by atoms with Crippen molar-refractivity contribution in [2.45, 2.75) is 43.8 Å². The fourth-order valence-corrected chi connectivity index (χ4v) is 5.98. The van der Waals surface area contributed by atoms with E-state index >= 15 is 0 Å². The summed E-state index contributed by atoms with van der Waals surface area (Å²) in [5, 5.41) is 0. The van der Waals surface area contributed by atoms with Gasteiger partial charge in [-0.1, -0.05) is 79.7 Å². The molecule has 4 nitrogen and oxygen atoms in total. The van der Waals surface area contributed by atoms with Gasteiger partial charge in [0.1, 0.15) is 5.75 Å². The summed E-state index contributed by atoms with van der Waals surface area (Å²) in [5.74, 6) is 0.967. The fourth-order valence-electron chi connectivity index (χ4n) is 5.98. The predicted octanol–water partition coefficient (Wildman–Crippen LogP) is 5.89. The molecule has 2 aliphatic heterocycles. The van der Waals surface area contributed by atoms with E-state index in [4.69, 9.17) is 4.74 Å². The van der Waals surface area contributed by atoms with Crippen molar-refractivity contribution in [2.75, 3.05) is 18.6 Å². The highest BCUT2D eigenvalue weighted by molar-refractivity contribution is 6.09. The van der Waals surface area contributed by atoms with Crippen LogP contribution in [0.25, 0.3) is 0 Å². The molecule has 3 aromatic rings. The van der Waals surface area contributed by atoms with Crippen LogP contribution in [0.2, 0.25) is 0 Å². The van der Waals surface area contributed by atoms with Gasteiger partial charge in [-0.25, -0.2) is 0 Å². The first-order valence-corrected chi connectivity index (χ1v) is 12.1. The van der Waals surface area contributed by atoms with Crippen LogP contribution in [0.1, 0.15) is 42.5 Å². The van der Waals surface area contributed by atoms with Crippen LogP contribution in [-0.4, -0.2) is 30.5 Å². The predicted molar refractivity (Wildman–Crippen MR) is 137 cm³/mol. The monoisotopic (exact) mass is 452 g/mol.